The Bertz CT molecular complexity index is 148. The first kappa shape index (κ1) is 15.2. The fourth-order valence-electron chi connectivity index (χ4n) is 0.857. The van der Waals surface area contributed by atoms with E-state index >= 15 is 0 Å². The summed E-state index contributed by atoms with van der Waals surface area (Å²) in [7, 11) is 21.9. The molecule has 2 nitrogen and oxygen atoms in total. The molecule has 0 rings (SSSR count). The minimum atomic E-state index is -0.112. The Labute approximate surface area is 98.5 Å². The molecule has 0 spiro atoms. The van der Waals surface area contributed by atoms with E-state index in [1.54, 1.807) is 0 Å². The van der Waals surface area contributed by atoms with Gasteiger partial charge in [0.05, 0.1) is 44.1 Å². The molecule has 0 aliphatic carbocycles. The first-order valence-corrected chi connectivity index (χ1v) is 5.20. The molecule has 0 aliphatic rings. The van der Waals surface area contributed by atoms with Gasteiger partial charge in [-0.25, -0.2) is 0 Å². The maximum absolute atomic E-state index is 5.59. The van der Waals surface area contributed by atoms with E-state index in [-0.39, 0.29) is 17.7 Å². The van der Waals surface area contributed by atoms with Crippen molar-refractivity contribution in [1.82, 2.24) is 0 Å². The Balaban J connectivity index is 3.37. The number of ether oxygens (including phenoxy) is 2. The average molecular weight is 199 g/mol. The van der Waals surface area contributed by atoms with E-state index in [1.807, 2.05) is 6.92 Å². The van der Waals surface area contributed by atoms with Crippen LogP contribution in [-0.2, 0) is 9.47 Å². The van der Waals surface area contributed by atoms with Crippen molar-refractivity contribution in [3.63, 3.8) is 0 Å². The van der Waals surface area contributed by atoms with E-state index in [0.29, 0.717) is 32.5 Å². The van der Waals surface area contributed by atoms with Crippen molar-refractivity contribution in [2.75, 3.05) is 19.8 Å². The molecule has 0 amide bonds. The van der Waals surface area contributed by atoms with Crippen LogP contribution >= 0.6 is 0 Å². The molecule has 0 saturated carbocycles. The minimum absolute atomic E-state index is 0.00688. The molecule has 6 heteroatoms. The van der Waals surface area contributed by atoms with Gasteiger partial charge in [-0.15, -0.1) is 0 Å². The average Bonchev–Trinajstić information content (AvgIpc) is 2.25. The van der Waals surface area contributed by atoms with Crippen molar-refractivity contribution in [2.24, 2.45) is 0 Å². The Morgan fingerprint density at radius 3 is 2.00 bits per heavy atom. The van der Waals surface area contributed by atoms with Crippen LogP contribution < -0.4 is 0 Å². The highest BCUT2D eigenvalue weighted by molar-refractivity contribution is 6.19. The Morgan fingerprint density at radius 1 is 0.933 bits per heavy atom. The third kappa shape index (κ3) is 9.13. The maximum atomic E-state index is 5.59. The van der Waals surface area contributed by atoms with Crippen molar-refractivity contribution in [2.45, 2.75) is 37.3 Å². The molecule has 8 radical (unpaired) electrons. The summed E-state index contributed by atoms with van der Waals surface area (Å²) in [6, 6.07) is 0. The normalized spacial score (nSPS) is 17.1. The SMILES string of the molecule is [B]CC([B])COCC(C)OCC([B])C[B]. The standard InChI is InChI=1S/C9H16B4O2/c1-7(15-6-9(13)3-11)4-14-5-8(12)2-10/h7-9H,2-6H2,1H3. The number of rotatable bonds is 9. The second kappa shape index (κ2) is 9.41. The fraction of sp³-hybridized carbons (Fsp3) is 1.00. The first-order valence-electron chi connectivity index (χ1n) is 5.20. The molecule has 0 heterocycles. The van der Waals surface area contributed by atoms with Crippen molar-refractivity contribution >= 4 is 31.4 Å². The highest BCUT2D eigenvalue weighted by atomic mass is 16.5. The second-order valence-corrected chi connectivity index (χ2v) is 3.67. The van der Waals surface area contributed by atoms with E-state index in [9.17, 15) is 0 Å². The summed E-state index contributed by atoms with van der Waals surface area (Å²) < 4.78 is 10.7. The molecule has 0 saturated heterocycles. The second-order valence-electron chi connectivity index (χ2n) is 3.67. The number of hydrogen-bond donors (Lipinski definition) is 0. The lowest BCUT2D eigenvalue weighted by molar-refractivity contribution is -0.00563. The van der Waals surface area contributed by atoms with Crippen molar-refractivity contribution < 1.29 is 9.47 Å². The summed E-state index contributed by atoms with van der Waals surface area (Å²) in [6.07, 6.45) is 0.839. The lowest BCUT2D eigenvalue weighted by atomic mass is 9.77. The smallest absolute Gasteiger partial charge is 0.0780 e. The van der Waals surface area contributed by atoms with Gasteiger partial charge in [0.15, 0.2) is 0 Å². The zero-order valence-corrected chi connectivity index (χ0v) is 9.39. The Hall–Kier alpha value is 0.180. The van der Waals surface area contributed by atoms with Gasteiger partial charge in [-0.2, -0.15) is 0 Å². The van der Waals surface area contributed by atoms with Crippen molar-refractivity contribution in [3.05, 3.63) is 0 Å². The molecular formula is C9H16B4O2. The summed E-state index contributed by atoms with van der Waals surface area (Å²) >= 11 is 0. The zero-order valence-electron chi connectivity index (χ0n) is 9.39. The van der Waals surface area contributed by atoms with Gasteiger partial charge in [0.2, 0.25) is 0 Å². The molecule has 0 aromatic heterocycles. The van der Waals surface area contributed by atoms with Crippen LogP contribution in [0.2, 0.25) is 24.3 Å². The van der Waals surface area contributed by atoms with Crippen molar-refractivity contribution in [1.29, 1.82) is 0 Å². The zero-order chi connectivity index (χ0) is 11.7. The maximum Gasteiger partial charge on any atom is 0.0780 e. The molecule has 0 aliphatic heterocycles. The predicted octanol–water partition coefficient (Wildman–Crippen LogP) is 0.496. The molecule has 0 N–H and O–H groups in total. The molecule has 0 aromatic carbocycles. The topological polar surface area (TPSA) is 18.5 Å². The molecule has 0 bridgehead atoms. The lowest BCUT2D eigenvalue weighted by Crippen LogP contribution is -2.20. The Kier molecular flexibility index (Phi) is 9.52. The van der Waals surface area contributed by atoms with Crippen LogP contribution in [0, 0.1) is 0 Å². The Morgan fingerprint density at radius 2 is 1.47 bits per heavy atom. The quantitative estimate of drug-likeness (QED) is 0.504. The fourth-order valence-corrected chi connectivity index (χ4v) is 0.857. The molecule has 0 aromatic rings. The molecule has 0 fully saturated rings. The van der Waals surface area contributed by atoms with E-state index in [4.69, 9.17) is 40.9 Å². The van der Waals surface area contributed by atoms with E-state index in [1.165, 1.54) is 0 Å². The van der Waals surface area contributed by atoms with Crippen LogP contribution in [0.1, 0.15) is 6.92 Å². The van der Waals surface area contributed by atoms with Gasteiger partial charge in [0.25, 0.3) is 0 Å². The summed E-state index contributed by atoms with van der Waals surface area (Å²) in [5, 5.41) is 0. The number of hydrogen-bond acceptors (Lipinski definition) is 2. The molecule has 3 atom stereocenters. The van der Waals surface area contributed by atoms with Gasteiger partial charge in [-0.05, 0) is 6.92 Å². The lowest BCUT2D eigenvalue weighted by Gasteiger charge is -2.17. The predicted molar refractivity (Wildman–Crippen MR) is 66.4 cm³/mol. The molecule has 15 heavy (non-hydrogen) atoms. The van der Waals surface area contributed by atoms with Gasteiger partial charge in [-0.3, -0.25) is 0 Å². The van der Waals surface area contributed by atoms with Crippen LogP contribution in [0.5, 0.6) is 0 Å². The summed E-state index contributed by atoms with van der Waals surface area (Å²) in [5.74, 6) is -0.220. The molecule has 76 valence electrons. The third-order valence-corrected chi connectivity index (χ3v) is 1.88. The molecular weight excluding hydrogens is 183 g/mol. The van der Waals surface area contributed by atoms with Gasteiger partial charge >= 0.3 is 0 Å². The highest BCUT2D eigenvalue weighted by Gasteiger charge is 2.06. The minimum Gasteiger partial charge on any atom is -0.379 e. The van der Waals surface area contributed by atoms with Crippen LogP contribution in [0.15, 0.2) is 0 Å². The van der Waals surface area contributed by atoms with Gasteiger partial charge in [0.1, 0.15) is 0 Å². The van der Waals surface area contributed by atoms with Gasteiger partial charge < -0.3 is 9.47 Å². The summed E-state index contributed by atoms with van der Waals surface area (Å²) in [4.78, 5) is 0. The monoisotopic (exact) mass is 200 g/mol. The van der Waals surface area contributed by atoms with Crippen molar-refractivity contribution in [3.8, 4) is 0 Å². The molecule has 3 unspecified atom stereocenters. The van der Waals surface area contributed by atoms with Crippen LogP contribution in [0.4, 0.5) is 0 Å². The van der Waals surface area contributed by atoms with E-state index in [0.717, 1.165) is 0 Å². The largest absolute Gasteiger partial charge is 0.379 e. The summed E-state index contributed by atoms with van der Waals surface area (Å²) in [6.45, 7) is 3.30. The first-order chi connectivity index (χ1) is 7.10. The van der Waals surface area contributed by atoms with Crippen LogP contribution in [0.25, 0.3) is 0 Å². The van der Waals surface area contributed by atoms with E-state index in [2.05, 4.69) is 0 Å². The van der Waals surface area contributed by atoms with Gasteiger partial charge in [0, 0.05) is 13.2 Å². The van der Waals surface area contributed by atoms with E-state index < -0.39 is 0 Å². The van der Waals surface area contributed by atoms with Crippen LogP contribution in [0.3, 0.4) is 0 Å². The van der Waals surface area contributed by atoms with Crippen LogP contribution in [-0.4, -0.2) is 57.3 Å². The highest BCUT2D eigenvalue weighted by Crippen LogP contribution is 2.07. The third-order valence-electron chi connectivity index (χ3n) is 1.88. The van der Waals surface area contributed by atoms with Gasteiger partial charge in [-0.1, -0.05) is 24.3 Å². The summed E-state index contributed by atoms with van der Waals surface area (Å²) in [5.41, 5.74) is 0.